The Morgan fingerprint density at radius 3 is 3.05 bits per heavy atom. The van der Waals surface area contributed by atoms with Gasteiger partial charge in [-0.3, -0.25) is 10.9 Å². The Bertz CT molecular complexity index is 548. The normalized spacial score (nSPS) is 21.0. The summed E-state index contributed by atoms with van der Waals surface area (Å²) in [4.78, 5) is 0. The number of hydrazine groups is 1. The zero-order valence-electron chi connectivity index (χ0n) is 10.2. The monoisotopic (exact) mass is 279 g/mol. The third-order valence-corrected chi connectivity index (χ3v) is 2.98. The second-order valence-corrected chi connectivity index (χ2v) is 4.48. The molecule has 2 aliphatic heterocycles. The zero-order valence-corrected chi connectivity index (χ0v) is 11.0. The van der Waals surface area contributed by atoms with Gasteiger partial charge in [0.1, 0.15) is 0 Å². The highest BCUT2D eigenvalue weighted by molar-refractivity contribution is 7.80. The second kappa shape index (κ2) is 4.90. The Morgan fingerprint density at radius 2 is 2.26 bits per heavy atom. The molecule has 3 rings (SSSR count). The molecular weight excluding hydrogens is 266 g/mol. The molecule has 19 heavy (non-hydrogen) atoms. The van der Waals surface area contributed by atoms with Gasteiger partial charge in [-0.2, -0.15) is 10.5 Å². The van der Waals surface area contributed by atoms with Crippen LogP contribution in [-0.4, -0.2) is 23.9 Å². The summed E-state index contributed by atoms with van der Waals surface area (Å²) in [5.41, 5.74) is 10.4. The number of ether oxygens (including phenoxy) is 2. The van der Waals surface area contributed by atoms with Crippen molar-refractivity contribution in [2.75, 3.05) is 6.79 Å². The lowest BCUT2D eigenvalue weighted by Gasteiger charge is -2.10. The van der Waals surface area contributed by atoms with Gasteiger partial charge < -0.3 is 14.8 Å². The molecule has 0 amide bonds. The second-order valence-electron chi connectivity index (χ2n) is 4.07. The molecule has 7 nitrogen and oxygen atoms in total. The van der Waals surface area contributed by atoms with Gasteiger partial charge in [-0.05, 0) is 37.3 Å². The summed E-state index contributed by atoms with van der Waals surface area (Å²) in [7, 11) is 0. The van der Waals surface area contributed by atoms with Crippen LogP contribution in [0.15, 0.2) is 23.3 Å². The van der Waals surface area contributed by atoms with E-state index >= 15 is 0 Å². The largest absolute Gasteiger partial charge is 0.454 e. The van der Waals surface area contributed by atoms with Gasteiger partial charge >= 0.3 is 0 Å². The first-order valence-corrected chi connectivity index (χ1v) is 6.15. The van der Waals surface area contributed by atoms with Crippen molar-refractivity contribution >= 4 is 23.0 Å². The zero-order chi connectivity index (χ0) is 13.2. The maximum absolute atomic E-state index is 5.33. The molecule has 0 radical (unpaired) electrons. The van der Waals surface area contributed by atoms with Crippen molar-refractivity contribution in [3.63, 3.8) is 0 Å². The molecule has 2 heterocycles. The van der Waals surface area contributed by atoms with E-state index in [4.69, 9.17) is 21.7 Å². The molecule has 0 saturated carbocycles. The molecule has 8 heteroatoms. The van der Waals surface area contributed by atoms with E-state index in [9.17, 15) is 0 Å². The van der Waals surface area contributed by atoms with Gasteiger partial charge in [0.05, 0.1) is 5.71 Å². The third-order valence-electron chi connectivity index (χ3n) is 2.76. The quantitative estimate of drug-likeness (QED) is 0.352. The van der Waals surface area contributed by atoms with Crippen molar-refractivity contribution in [2.24, 2.45) is 5.10 Å². The summed E-state index contributed by atoms with van der Waals surface area (Å²) in [5, 5.41) is 7.77. The van der Waals surface area contributed by atoms with E-state index in [2.05, 4.69) is 26.7 Å². The molecular formula is C11H13N5O2S. The fraction of sp³-hybridized carbons (Fsp3) is 0.273. The summed E-state index contributed by atoms with van der Waals surface area (Å²) >= 11 is 4.92. The van der Waals surface area contributed by atoms with E-state index < -0.39 is 0 Å². The Morgan fingerprint density at radius 1 is 1.42 bits per heavy atom. The molecule has 4 N–H and O–H groups in total. The van der Waals surface area contributed by atoms with Crippen molar-refractivity contribution < 1.29 is 9.47 Å². The molecule has 1 atom stereocenters. The Balaban J connectivity index is 1.69. The molecule has 0 aromatic heterocycles. The highest BCUT2D eigenvalue weighted by Crippen LogP contribution is 2.32. The lowest BCUT2D eigenvalue weighted by molar-refractivity contribution is 0.174. The van der Waals surface area contributed by atoms with Crippen molar-refractivity contribution in [2.45, 2.75) is 13.2 Å². The Kier molecular flexibility index (Phi) is 3.10. The molecule has 1 aromatic rings. The van der Waals surface area contributed by atoms with Crippen LogP contribution < -0.4 is 31.1 Å². The number of nitrogens with one attached hydrogen (secondary N) is 4. The summed E-state index contributed by atoms with van der Waals surface area (Å²) in [6.45, 7) is 2.18. The lowest BCUT2D eigenvalue weighted by atomic mass is 10.1. The third kappa shape index (κ3) is 2.54. The molecule has 0 aliphatic carbocycles. The van der Waals surface area contributed by atoms with E-state index in [0.717, 1.165) is 22.8 Å². The molecule has 1 fully saturated rings. The van der Waals surface area contributed by atoms with Crippen LogP contribution in [0, 0.1) is 0 Å². The van der Waals surface area contributed by atoms with Gasteiger partial charge in [0.25, 0.3) is 0 Å². The Labute approximate surface area is 115 Å². The van der Waals surface area contributed by atoms with Crippen LogP contribution in [0.4, 0.5) is 0 Å². The van der Waals surface area contributed by atoms with Crippen molar-refractivity contribution in [3.05, 3.63) is 23.8 Å². The number of hydrogen-bond acceptors (Lipinski definition) is 6. The number of thiocarbonyl (C=S) groups is 1. The summed E-state index contributed by atoms with van der Waals surface area (Å²) < 4.78 is 10.6. The van der Waals surface area contributed by atoms with Gasteiger partial charge in [0.2, 0.25) is 6.79 Å². The SMILES string of the molecule is C/C(=N\NC1NNC(=S)N1)c1ccc2c(c1)OCO2. The predicted octanol–water partition coefficient (Wildman–Crippen LogP) is -0.00520. The number of hydrazone groups is 1. The maximum atomic E-state index is 5.33. The summed E-state index contributed by atoms with van der Waals surface area (Å²) in [6, 6.07) is 5.72. The minimum Gasteiger partial charge on any atom is -0.454 e. The first-order valence-electron chi connectivity index (χ1n) is 5.74. The Hall–Kier alpha value is -2.06. The average Bonchev–Trinajstić information content (AvgIpc) is 3.03. The number of nitrogens with zero attached hydrogens (tertiary/aromatic N) is 1. The molecule has 1 aromatic carbocycles. The topological polar surface area (TPSA) is 78.9 Å². The minimum absolute atomic E-state index is 0.225. The van der Waals surface area contributed by atoms with Crippen LogP contribution in [0.1, 0.15) is 12.5 Å². The number of rotatable bonds is 3. The highest BCUT2D eigenvalue weighted by Gasteiger charge is 2.16. The maximum Gasteiger partial charge on any atom is 0.231 e. The number of hydrogen-bond donors (Lipinski definition) is 4. The minimum atomic E-state index is -0.225. The van der Waals surface area contributed by atoms with Crippen LogP contribution in [0.3, 0.4) is 0 Å². The fourth-order valence-electron chi connectivity index (χ4n) is 1.75. The first-order chi connectivity index (χ1) is 9.22. The summed E-state index contributed by atoms with van der Waals surface area (Å²) in [5.74, 6) is 1.50. The van der Waals surface area contributed by atoms with Crippen LogP contribution in [0.2, 0.25) is 0 Å². The molecule has 1 unspecified atom stereocenters. The van der Waals surface area contributed by atoms with Gasteiger partial charge in [-0.25, -0.2) is 0 Å². The highest BCUT2D eigenvalue weighted by atomic mass is 32.1. The van der Waals surface area contributed by atoms with Gasteiger partial charge in [-0.15, -0.1) is 0 Å². The van der Waals surface area contributed by atoms with Gasteiger partial charge in [-0.1, -0.05) is 0 Å². The van der Waals surface area contributed by atoms with E-state index in [1.165, 1.54) is 0 Å². The number of benzene rings is 1. The van der Waals surface area contributed by atoms with Crippen molar-refractivity contribution in [1.29, 1.82) is 0 Å². The number of fused-ring (bicyclic) bond motifs is 1. The smallest absolute Gasteiger partial charge is 0.231 e. The van der Waals surface area contributed by atoms with E-state index in [-0.39, 0.29) is 13.1 Å². The molecule has 0 spiro atoms. The van der Waals surface area contributed by atoms with Crippen LogP contribution in [0.25, 0.3) is 0 Å². The standard InChI is InChI=1S/C11H13N5O2S/c1-6(13-14-10-12-11(19)16-15-10)7-2-3-8-9(4-7)18-5-17-8/h2-4,10,14-15H,5H2,1H3,(H2,12,16,19)/b13-6+. The van der Waals surface area contributed by atoms with Crippen molar-refractivity contribution in [1.82, 2.24) is 21.6 Å². The molecule has 1 saturated heterocycles. The van der Waals surface area contributed by atoms with Crippen molar-refractivity contribution in [3.8, 4) is 11.5 Å². The van der Waals surface area contributed by atoms with E-state index in [1.54, 1.807) is 0 Å². The fourth-order valence-corrected chi connectivity index (χ4v) is 1.93. The first kappa shape index (κ1) is 12.0. The van der Waals surface area contributed by atoms with E-state index in [0.29, 0.717) is 5.11 Å². The molecule has 0 bridgehead atoms. The van der Waals surface area contributed by atoms with Crippen LogP contribution in [-0.2, 0) is 0 Å². The predicted molar refractivity (Wildman–Crippen MR) is 73.7 cm³/mol. The van der Waals surface area contributed by atoms with Gasteiger partial charge in [0, 0.05) is 5.56 Å². The van der Waals surface area contributed by atoms with Crippen LogP contribution in [0.5, 0.6) is 11.5 Å². The molecule has 2 aliphatic rings. The summed E-state index contributed by atoms with van der Waals surface area (Å²) in [6.07, 6.45) is -0.225. The molecule has 100 valence electrons. The van der Waals surface area contributed by atoms with Gasteiger partial charge in [0.15, 0.2) is 22.9 Å². The average molecular weight is 279 g/mol. The lowest BCUT2D eigenvalue weighted by Crippen LogP contribution is -2.44. The van der Waals surface area contributed by atoms with Crippen LogP contribution >= 0.6 is 12.2 Å². The van der Waals surface area contributed by atoms with E-state index in [1.807, 2.05) is 25.1 Å².